The maximum atomic E-state index is 5.44. The zero-order chi connectivity index (χ0) is 9.73. The van der Waals surface area contributed by atoms with Crippen LogP contribution in [0.5, 0.6) is 0 Å². The number of hydrogen-bond donors (Lipinski definition) is 0. The molecule has 1 aliphatic heterocycles. The van der Waals surface area contributed by atoms with Gasteiger partial charge in [-0.25, -0.2) is 0 Å². The summed E-state index contributed by atoms with van der Waals surface area (Å²) in [7, 11) is 0.813. The van der Waals surface area contributed by atoms with Crippen LogP contribution in [-0.2, 0) is 13.9 Å². The summed E-state index contributed by atoms with van der Waals surface area (Å²) >= 11 is 0. The molecule has 0 N–H and O–H groups in total. The smallest absolute Gasteiger partial charge is 0.146 e. The Kier molecular flexibility index (Phi) is 4.38. The molecular weight excluding hydrogens is 184 g/mol. The second-order valence-electron chi connectivity index (χ2n) is 4.10. The third-order valence-corrected chi connectivity index (χ3v) is 3.43. The fourth-order valence-electron chi connectivity index (χ4n) is 1.08. The van der Waals surface area contributed by atoms with E-state index in [2.05, 4.69) is 13.8 Å². The minimum Gasteiger partial charge on any atom is -0.423 e. The topological polar surface area (TPSA) is 31.0 Å². The molecule has 0 aromatic carbocycles. The monoisotopic (exact) mass is 204 g/mol. The van der Waals surface area contributed by atoms with Gasteiger partial charge in [-0.2, -0.15) is 0 Å². The molecule has 0 radical (unpaired) electrons. The molecule has 4 heteroatoms. The lowest BCUT2D eigenvalue weighted by molar-refractivity contribution is 0.0749. The maximum Gasteiger partial charge on any atom is 0.146 e. The fraction of sp³-hybridized carbons (Fsp3) is 1.00. The van der Waals surface area contributed by atoms with Gasteiger partial charge in [0.1, 0.15) is 16.6 Å². The van der Waals surface area contributed by atoms with Gasteiger partial charge in [-0.3, -0.25) is 0 Å². The van der Waals surface area contributed by atoms with Crippen LogP contribution in [0.2, 0.25) is 0 Å². The second-order valence-corrected chi connectivity index (χ2v) is 4.51. The average molecular weight is 204 g/mol. The van der Waals surface area contributed by atoms with Crippen LogP contribution in [0.25, 0.3) is 0 Å². The standard InChI is InChI=1S/C9H20O3Si/c1-9(2,12-13)4-3-5-10-6-8-7-11-8/h8H,3-7H2,1-2,13H3. The Bertz CT molecular complexity index is 146. The first-order valence-electron chi connectivity index (χ1n) is 4.88. The summed E-state index contributed by atoms with van der Waals surface area (Å²) in [4.78, 5) is 0. The molecule has 1 atom stereocenters. The molecule has 78 valence electrons. The Labute approximate surface area is 83.3 Å². The van der Waals surface area contributed by atoms with E-state index in [0.29, 0.717) is 6.10 Å². The van der Waals surface area contributed by atoms with E-state index < -0.39 is 0 Å². The van der Waals surface area contributed by atoms with Crippen LogP contribution in [0.15, 0.2) is 0 Å². The summed E-state index contributed by atoms with van der Waals surface area (Å²) in [5.74, 6) is 0. The van der Waals surface area contributed by atoms with Crippen molar-refractivity contribution in [3.05, 3.63) is 0 Å². The molecule has 1 aliphatic rings. The lowest BCUT2D eigenvalue weighted by Gasteiger charge is -2.23. The molecule has 1 fully saturated rings. The van der Waals surface area contributed by atoms with E-state index in [-0.39, 0.29) is 5.60 Å². The van der Waals surface area contributed by atoms with Crippen LogP contribution in [0.3, 0.4) is 0 Å². The van der Waals surface area contributed by atoms with Crippen LogP contribution in [0.4, 0.5) is 0 Å². The summed E-state index contributed by atoms with van der Waals surface area (Å²) < 4.78 is 15.9. The molecule has 0 aromatic heterocycles. The van der Waals surface area contributed by atoms with Gasteiger partial charge in [0, 0.05) is 12.2 Å². The number of hydrogen-bond acceptors (Lipinski definition) is 3. The van der Waals surface area contributed by atoms with Crippen molar-refractivity contribution in [2.45, 2.75) is 38.4 Å². The molecule has 0 saturated carbocycles. The average Bonchev–Trinajstić information content (AvgIpc) is 2.87. The molecule has 0 bridgehead atoms. The Hall–Kier alpha value is 0.0969. The maximum absolute atomic E-state index is 5.44. The Morgan fingerprint density at radius 1 is 1.54 bits per heavy atom. The number of ether oxygens (including phenoxy) is 2. The highest BCUT2D eigenvalue weighted by Crippen LogP contribution is 2.15. The second kappa shape index (κ2) is 5.10. The third-order valence-electron chi connectivity index (χ3n) is 2.33. The van der Waals surface area contributed by atoms with E-state index in [1.54, 1.807) is 0 Å². The Morgan fingerprint density at radius 3 is 2.77 bits per heavy atom. The molecule has 0 aliphatic carbocycles. The lowest BCUT2D eigenvalue weighted by atomic mass is 10.0. The molecule has 13 heavy (non-hydrogen) atoms. The van der Waals surface area contributed by atoms with E-state index in [0.717, 1.165) is 43.1 Å². The van der Waals surface area contributed by atoms with Crippen molar-refractivity contribution in [2.24, 2.45) is 0 Å². The van der Waals surface area contributed by atoms with Crippen molar-refractivity contribution in [1.82, 2.24) is 0 Å². The van der Waals surface area contributed by atoms with Crippen molar-refractivity contribution < 1.29 is 13.9 Å². The van der Waals surface area contributed by atoms with Crippen LogP contribution in [0.1, 0.15) is 26.7 Å². The molecule has 1 rings (SSSR count). The zero-order valence-corrected chi connectivity index (χ0v) is 10.8. The highest BCUT2D eigenvalue weighted by Gasteiger charge is 2.22. The van der Waals surface area contributed by atoms with Gasteiger partial charge in [-0.05, 0) is 26.7 Å². The lowest BCUT2D eigenvalue weighted by Crippen LogP contribution is -2.23. The summed E-state index contributed by atoms with van der Waals surface area (Å²) in [6.07, 6.45) is 2.53. The number of rotatable bonds is 7. The van der Waals surface area contributed by atoms with E-state index in [9.17, 15) is 0 Å². The van der Waals surface area contributed by atoms with E-state index in [1.165, 1.54) is 0 Å². The minimum absolute atomic E-state index is 0.0473. The van der Waals surface area contributed by atoms with E-state index in [1.807, 2.05) is 0 Å². The van der Waals surface area contributed by atoms with E-state index >= 15 is 0 Å². The highest BCUT2D eigenvalue weighted by atomic mass is 28.2. The molecular formula is C9H20O3Si. The van der Waals surface area contributed by atoms with Gasteiger partial charge < -0.3 is 13.9 Å². The predicted molar refractivity (Wildman–Crippen MR) is 54.9 cm³/mol. The molecule has 0 spiro atoms. The molecule has 0 aromatic rings. The summed E-state index contributed by atoms with van der Waals surface area (Å²) in [6, 6.07) is 0. The summed E-state index contributed by atoms with van der Waals surface area (Å²) in [5, 5.41) is 0. The molecule has 0 amide bonds. The van der Waals surface area contributed by atoms with Gasteiger partial charge in [-0.1, -0.05) is 0 Å². The first-order chi connectivity index (χ1) is 6.14. The molecule has 1 unspecified atom stereocenters. The Balaban J connectivity index is 1.87. The van der Waals surface area contributed by atoms with Gasteiger partial charge >= 0.3 is 0 Å². The molecule has 1 saturated heterocycles. The zero-order valence-electron chi connectivity index (χ0n) is 8.84. The van der Waals surface area contributed by atoms with Crippen molar-refractivity contribution in [2.75, 3.05) is 19.8 Å². The van der Waals surface area contributed by atoms with E-state index in [4.69, 9.17) is 13.9 Å². The normalized spacial score (nSPS) is 22.2. The van der Waals surface area contributed by atoms with Crippen molar-refractivity contribution >= 4 is 10.5 Å². The van der Waals surface area contributed by atoms with Crippen molar-refractivity contribution in [3.8, 4) is 0 Å². The first-order valence-corrected chi connectivity index (χ1v) is 5.70. The number of epoxide rings is 1. The molecule has 3 nitrogen and oxygen atoms in total. The predicted octanol–water partition coefficient (Wildman–Crippen LogP) is 0.258. The van der Waals surface area contributed by atoms with Gasteiger partial charge in [0.25, 0.3) is 0 Å². The Morgan fingerprint density at radius 2 is 2.23 bits per heavy atom. The highest BCUT2D eigenvalue weighted by molar-refractivity contribution is 5.98. The van der Waals surface area contributed by atoms with Crippen LogP contribution in [-0.4, -0.2) is 42.0 Å². The van der Waals surface area contributed by atoms with Gasteiger partial charge in [0.2, 0.25) is 0 Å². The van der Waals surface area contributed by atoms with Gasteiger partial charge in [-0.15, -0.1) is 0 Å². The van der Waals surface area contributed by atoms with Crippen molar-refractivity contribution in [3.63, 3.8) is 0 Å². The summed E-state index contributed by atoms with van der Waals surface area (Å²) in [5.41, 5.74) is 0.0473. The van der Waals surface area contributed by atoms with Gasteiger partial charge in [0.15, 0.2) is 0 Å². The van der Waals surface area contributed by atoms with Crippen molar-refractivity contribution in [1.29, 1.82) is 0 Å². The van der Waals surface area contributed by atoms with Crippen LogP contribution in [0, 0.1) is 0 Å². The van der Waals surface area contributed by atoms with Gasteiger partial charge in [0.05, 0.1) is 13.2 Å². The van der Waals surface area contributed by atoms with Crippen LogP contribution >= 0.6 is 0 Å². The fourth-order valence-corrected chi connectivity index (χ4v) is 1.29. The SMILES string of the molecule is CC(C)(CCCOCC1CO1)O[SiH3]. The third kappa shape index (κ3) is 5.41. The minimum atomic E-state index is 0.0473. The quantitative estimate of drug-likeness (QED) is 0.338. The molecule has 1 heterocycles. The van der Waals surface area contributed by atoms with Crippen LogP contribution < -0.4 is 0 Å². The first kappa shape index (κ1) is 11.2. The summed E-state index contributed by atoms with van der Waals surface area (Å²) in [6.45, 7) is 6.74. The largest absolute Gasteiger partial charge is 0.423 e.